The first-order chi connectivity index (χ1) is 7.40. The van der Waals surface area contributed by atoms with E-state index in [0.29, 0.717) is 6.54 Å². The van der Waals surface area contributed by atoms with Gasteiger partial charge < -0.3 is 15.5 Å². The SMILES string of the molecule is OCC1(CNCC(O)C(F)(F)F)CCCC1. The minimum atomic E-state index is -4.57. The standard InChI is InChI=1S/C10H18F3NO2/c11-10(12,13)8(16)5-14-6-9(7-15)3-1-2-4-9/h8,14-16H,1-7H2. The average molecular weight is 241 g/mol. The molecule has 1 saturated carbocycles. The van der Waals surface area contributed by atoms with Gasteiger partial charge in [-0.1, -0.05) is 12.8 Å². The lowest BCUT2D eigenvalue weighted by molar-refractivity contribution is -0.202. The molecule has 1 rings (SSSR count). The van der Waals surface area contributed by atoms with Crippen LogP contribution in [-0.4, -0.2) is 42.2 Å². The molecule has 1 aliphatic carbocycles. The van der Waals surface area contributed by atoms with Crippen molar-refractivity contribution in [2.75, 3.05) is 19.7 Å². The van der Waals surface area contributed by atoms with Gasteiger partial charge in [0.15, 0.2) is 6.10 Å². The molecule has 0 heterocycles. The molecule has 3 N–H and O–H groups in total. The quantitative estimate of drug-likeness (QED) is 0.674. The third-order valence-electron chi connectivity index (χ3n) is 3.22. The van der Waals surface area contributed by atoms with Crippen molar-refractivity contribution < 1.29 is 23.4 Å². The second kappa shape index (κ2) is 5.33. The zero-order chi connectivity index (χ0) is 12.2. The number of hydrogen-bond donors (Lipinski definition) is 3. The van der Waals surface area contributed by atoms with Crippen LogP contribution in [0.25, 0.3) is 0 Å². The molecule has 0 aromatic rings. The van der Waals surface area contributed by atoms with Crippen molar-refractivity contribution in [1.29, 1.82) is 0 Å². The van der Waals surface area contributed by atoms with E-state index >= 15 is 0 Å². The summed E-state index contributed by atoms with van der Waals surface area (Å²) in [5.74, 6) is 0. The molecule has 1 aliphatic rings. The van der Waals surface area contributed by atoms with Gasteiger partial charge >= 0.3 is 6.18 Å². The van der Waals surface area contributed by atoms with Crippen LogP contribution in [0, 0.1) is 5.41 Å². The van der Waals surface area contributed by atoms with Gasteiger partial charge in [-0.15, -0.1) is 0 Å². The van der Waals surface area contributed by atoms with Crippen molar-refractivity contribution in [2.24, 2.45) is 5.41 Å². The van der Waals surface area contributed by atoms with E-state index < -0.39 is 18.8 Å². The molecular formula is C10H18F3NO2. The second-order valence-electron chi connectivity index (χ2n) is 4.55. The highest BCUT2D eigenvalue weighted by Gasteiger charge is 2.39. The Kier molecular flexibility index (Phi) is 4.58. The maximum absolute atomic E-state index is 12.0. The summed E-state index contributed by atoms with van der Waals surface area (Å²) in [6.45, 7) is -0.190. The van der Waals surface area contributed by atoms with Crippen molar-refractivity contribution in [3.8, 4) is 0 Å². The van der Waals surface area contributed by atoms with Crippen molar-refractivity contribution in [3.63, 3.8) is 0 Å². The molecule has 16 heavy (non-hydrogen) atoms. The zero-order valence-electron chi connectivity index (χ0n) is 9.06. The van der Waals surface area contributed by atoms with Gasteiger partial charge in [-0.2, -0.15) is 13.2 Å². The Labute approximate surface area is 92.7 Å². The average Bonchev–Trinajstić information content (AvgIpc) is 2.66. The number of nitrogens with one attached hydrogen (secondary N) is 1. The van der Waals surface area contributed by atoms with Gasteiger partial charge in [0.25, 0.3) is 0 Å². The van der Waals surface area contributed by atoms with Gasteiger partial charge in [-0.05, 0) is 12.8 Å². The molecular weight excluding hydrogens is 223 g/mol. The Hall–Kier alpha value is -0.330. The number of aliphatic hydroxyl groups excluding tert-OH is 2. The van der Waals surface area contributed by atoms with Crippen LogP contribution in [0.2, 0.25) is 0 Å². The Morgan fingerprint density at radius 1 is 1.25 bits per heavy atom. The zero-order valence-corrected chi connectivity index (χ0v) is 9.06. The van der Waals surface area contributed by atoms with E-state index in [1.165, 1.54) is 0 Å². The lowest BCUT2D eigenvalue weighted by atomic mass is 9.87. The van der Waals surface area contributed by atoms with Crippen molar-refractivity contribution in [3.05, 3.63) is 0 Å². The summed E-state index contributed by atoms with van der Waals surface area (Å²) in [5.41, 5.74) is -0.286. The highest BCUT2D eigenvalue weighted by molar-refractivity contribution is 4.86. The van der Waals surface area contributed by atoms with E-state index in [0.717, 1.165) is 25.7 Å². The molecule has 0 aromatic heterocycles. The van der Waals surface area contributed by atoms with Crippen LogP contribution in [0.15, 0.2) is 0 Å². The minimum Gasteiger partial charge on any atom is -0.396 e. The topological polar surface area (TPSA) is 52.5 Å². The lowest BCUT2D eigenvalue weighted by Gasteiger charge is -2.27. The van der Waals surface area contributed by atoms with E-state index in [4.69, 9.17) is 5.11 Å². The van der Waals surface area contributed by atoms with Gasteiger partial charge in [-0.3, -0.25) is 0 Å². The molecule has 6 heteroatoms. The van der Waals surface area contributed by atoms with E-state index in [2.05, 4.69) is 5.32 Å². The highest BCUT2D eigenvalue weighted by atomic mass is 19.4. The third-order valence-corrected chi connectivity index (χ3v) is 3.22. The molecule has 0 aliphatic heterocycles. The van der Waals surface area contributed by atoms with E-state index in [-0.39, 0.29) is 12.0 Å². The molecule has 96 valence electrons. The maximum atomic E-state index is 12.0. The van der Waals surface area contributed by atoms with Crippen LogP contribution in [0.4, 0.5) is 13.2 Å². The fraction of sp³-hybridized carbons (Fsp3) is 1.00. The molecule has 1 atom stereocenters. The molecule has 0 radical (unpaired) electrons. The molecule has 1 fully saturated rings. The number of rotatable bonds is 5. The Morgan fingerprint density at radius 2 is 1.81 bits per heavy atom. The molecule has 0 aromatic carbocycles. The van der Waals surface area contributed by atoms with Crippen LogP contribution in [-0.2, 0) is 0 Å². The summed E-state index contributed by atoms with van der Waals surface area (Å²) >= 11 is 0. The molecule has 0 bridgehead atoms. The van der Waals surface area contributed by atoms with E-state index in [9.17, 15) is 18.3 Å². The molecule has 0 spiro atoms. The predicted octanol–water partition coefficient (Wildman–Crippen LogP) is 1.05. The monoisotopic (exact) mass is 241 g/mol. The smallest absolute Gasteiger partial charge is 0.396 e. The van der Waals surface area contributed by atoms with E-state index in [1.54, 1.807) is 0 Å². The summed E-state index contributed by atoms with van der Waals surface area (Å²) in [5, 5.41) is 20.6. The largest absolute Gasteiger partial charge is 0.415 e. The van der Waals surface area contributed by atoms with Crippen LogP contribution in [0.5, 0.6) is 0 Å². The second-order valence-corrected chi connectivity index (χ2v) is 4.55. The Bertz CT molecular complexity index is 215. The number of alkyl halides is 3. The van der Waals surface area contributed by atoms with Crippen LogP contribution >= 0.6 is 0 Å². The molecule has 3 nitrogen and oxygen atoms in total. The Balaban J connectivity index is 2.29. The fourth-order valence-electron chi connectivity index (χ4n) is 2.11. The normalized spacial score (nSPS) is 22.3. The fourth-order valence-corrected chi connectivity index (χ4v) is 2.11. The number of halogens is 3. The molecule has 0 amide bonds. The molecule has 0 saturated heterocycles. The maximum Gasteiger partial charge on any atom is 0.415 e. The summed E-state index contributed by atoms with van der Waals surface area (Å²) in [6, 6.07) is 0. The first-order valence-electron chi connectivity index (χ1n) is 5.46. The van der Waals surface area contributed by atoms with Gasteiger partial charge in [0.2, 0.25) is 0 Å². The number of aliphatic hydroxyl groups is 2. The van der Waals surface area contributed by atoms with Gasteiger partial charge in [0, 0.05) is 25.1 Å². The van der Waals surface area contributed by atoms with Crippen LogP contribution in [0.1, 0.15) is 25.7 Å². The van der Waals surface area contributed by atoms with Crippen molar-refractivity contribution >= 4 is 0 Å². The molecule has 1 unspecified atom stereocenters. The van der Waals surface area contributed by atoms with Gasteiger partial charge in [0.1, 0.15) is 0 Å². The van der Waals surface area contributed by atoms with Gasteiger partial charge in [0.05, 0.1) is 0 Å². The Morgan fingerprint density at radius 3 is 2.25 bits per heavy atom. The third kappa shape index (κ3) is 3.61. The van der Waals surface area contributed by atoms with Crippen LogP contribution < -0.4 is 5.32 Å². The first-order valence-corrected chi connectivity index (χ1v) is 5.46. The van der Waals surface area contributed by atoms with Crippen molar-refractivity contribution in [2.45, 2.75) is 38.0 Å². The predicted molar refractivity (Wildman–Crippen MR) is 52.9 cm³/mol. The minimum absolute atomic E-state index is 0.0118. The van der Waals surface area contributed by atoms with Crippen LogP contribution in [0.3, 0.4) is 0 Å². The van der Waals surface area contributed by atoms with Gasteiger partial charge in [-0.25, -0.2) is 0 Å². The van der Waals surface area contributed by atoms with E-state index in [1.807, 2.05) is 0 Å². The summed E-state index contributed by atoms with van der Waals surface area (Å²) in [7, 11) is 0. The summed E-state index contributed by atoms with van der Waals surface area (Å²) in [6.07, 6.45) is -3.23. The summed E-state index contributed by atoms with van der Waals surface area (Å²) in [4.78, 5) is 0. The highest BCUT2D eigenvalue weighted by Crippen LogP contribution is 2.36. The summed E-state index contributed by atoms with van der Waals surface area (Å²) < 4.78 is 36.0. The number of hydrogen-bond acceptors (Lipinski definition) is 3. The first kappa shape index (κ1) is 13.7. The van der Waals surface area contributed by atoms with Crippen molar-refractivity contribution in [1.82, 2.24) is 5.32 Å². The lowest BCUT2D eigenvalue weighted by Crippen LogP contribution is -2.43.